The molecule has 1 aliphatic carbocycles. The van der Waals surface area contributed by atoms with Crippen molar-refractivity contribution in [3.63, 3.8) is 0 Å². The Morgan fingerprint density at radius 1 is 1.07 bits per heavy atom. The van der Waals surface area contributed by atoms with Gasteiger partial charge in [-0.15, -0.1) is 0 Å². The lowest BCUT2D eigenvalue weighted by molar-refractivity contribution is -0.153. The maximum atomic E-state index is 13.5. The van der Waals surface area contributed by atoms with Crippen LogP contribution in [0.3, 0.4) is 0 Å². The van der Waals surface area contributed by atoms with E-state index in [4.69, 9.17) is 4.74 Å². The molecule has 162 valence electrons. The number of aryl methyl sites for hydroxylation is 1. The molecule has 2 saturated heterocycles. The minimum atomic E-state index is -0.0344. The first-order chi connectivity index (χ1) is 14.1. The second-order valence-electron chi connectivity index (χ2n) is 9.13. The van der Waals surface area contributed by atoms with Crippen LogP contribution in [0.2, 0.25) is 0 Å². The van der Waals surface area contributed by atoms with Crippen LogP contribution in [-0.4, -0.2) is 89.4 Å². The van der Waals surface area contributed by atoms with E-state index in [-0.39, 0.29) is 18.1 Å². The molecule has 0 N–H and O–H groups in total. The maximum absolute atomic E-state index is 13.5. The standard InChI is InChI=1S/C22H37N5O2/c1-24-9-6-10-26(12-11-24)17-20-21(19-15-23-25(2)16-19)27(13-14-29-20)22(28)18-7-4-3-5-8-18/h15-16,18,20-21H,3-14,17H2,1-2H3/t20-,21-/m0/s1. The van der Waals surface area contributed by atoms with Crippen molar-refractivity contribution in [1.29, 1.82) is 0 Å². The van der Waals surface area contributed by atoms with Gasteiger partial charge < -0.3 is 14.5 Å². The number of amides is 1. The molecule has 2 atom stereocenters. The largest absolute Gasteiger partial charge is 0.373 e. The van der Waals surface area contributed by atoms with Gasteiger partial charge >= 0.3 is 0 Å². The number of nitrogens with zero attached hydrogens (tertiary/aromatic N) is 5. The van der Waals surface area contributed by atoms with Crippen LogP contribution in [0, 0.1) is 5.92 Å². The topological polar surface area (TPSA) is 53.8 Å². The van der Waals surface area contributed by atoms with Gasteiger partial charge in [-0.3, -0.25) is 14.4 Å². The highest BCUT2D eigenvalue weighted by Gasteiger charge is 2.40. The number of carbonyl (C=O) groups excluding carboxylic acids is 1. The molecule has 7 nitrogen and oxygen atoms in total. The van der Waals surface area contributed by atoms with Crippen LogP contribution in [0.25, 0.3) is 0 Å². The number of hydrogen-bond acceptors (Lipinski definition) is 5. The summed E-state index contributed by atoms with van der Waals surface area (Å²) in [5.74, 6) is 0.524. The number of hydrogen-bond donors (Lipinski definition) is 0. The Morgan fingerprint density at radius 3 is 2.66 bits per heavy atom. The molecule has 1 saturated carbocycles. The summed E-state index contributed by atoms with van der Waals surface area (Å²) >= 11 is 0. The van der Waals surface area contributed by atoms with Crippen molar-refractivity contribution >= 4 is 5.91 Å². The number of rotatable bonds is 4. The average molecular weight is 404 g/mol. The van der Waals surface area contributed by atoms with Crippen LogP contribution in [0.15, 0.2) is 12.4 Å². The second kappa shape index (κ2) is 9.58. The van der Waals surface area contributed by atoms with E-state index in [1.165, 1.54) is 25.7 Å². The van der Waals surface area contributed by atoms with Crippen molar-refractivity contribution in [3.05, 3.63) is 18.0 Å². The third-order valence-corrected chi connectivity index (χ3v) is 6.91. The lowest BCUT2D eigenvalue weighted by Crippen LogP contribution is -2.53. The van der Waals surface area contributed by atoms with Crippen molar-refractivity contribution in [2.75, 3.05) is 52.9 Å². The van der Waals surface area contributed by atoms with Crippen molar-refractivity contribution < 1.29 is 9.53 Å². The first-order valence-corrected chi connectivity index (χ1v) is 11.4. The molecule has 0 bridgehead atoms. The zero-order valence-corrected chi connectivity index (χ0v) is 18.1. The molecule has 3 heterocycles. The van der Waals surface area contributed by atoms with E-state index < -0.39 is 0 Å². The van der Waals surface area contributed by atoms with Gasteiger partial charge in [0, 0.05) is 50.9 Å². The zero-order valence-electron chi connectivity index (χ0n) is 18.1. The smallest absolute Gasteiger partial charge is 0.226 e. The quantitative estimate of drug-likeness (QED) is 0.769. The van der Waals surface area contributed by atoms with Crippen molar-refractivity contribution in [2.45, 2.75) is 50.7 Å². The van der Waals surface area contributed by atoms with Gasteiger partial charge in [-0.25, -0.2) is 0 Å². The summed E-state index contributed by atoms with van der Waals surface area (Å²) in [5.41, 5.74) is 1.10. The van der Waals surface area contributed by atoms with Crippen molar-refractivity contribution in [3.8, 4) is 0 Å². The number of morpholine rings is 1. The van der Waals surface area contributed by atoms with Gasteiger partial charge in [-0.2, -0.15) is 5.10 Å². The molecule has 1 aromatic heterocycles. The van der Waals surface area contributed by atoms with Crippen molar-refractivity contribution in [2.24, 2.45) is 13.0 Å². The fourth-order valence-corrected chi connectivity index (χ4v) is 5.24. The number of likely N-dealkylation sites (N-methyl/N-ethyl adjacent to an activating group) is 1. The van der Waals surface area contributed by atoms with E-state index in [0.717, 1.165) is 51.1 Å². The first-order valence-electron chi connectivity index (χ1n) is 11.4. The molecule has 0 unspecified atom stereocenters. The third-order valence-electron chi connectivity index (χ3n) is 6.91. The predicted molar refractivity (Wildman–Crippen MR) is 113 cm³/mol. The highest BCUT2D eigenvalue weighted by Crippen LogP contribution is 2.34. The van der Waals surface area contributed by atoms with Gasteiger partial charge in [-0.05, 0) is 39.4 Å². The van der Waals surface area contributed by atoms with Gasteiger partial charge in [0.25, 0.3) is 0 Å². The fourth-order valence-electron chi connectivity index (χ4n) is 5.24. The molecule has 1 amide bonds. The summed E-state index contributed by atoms with van der Waals surface area (Å²) in [6.45, 7) is 6.60. The predicted octanol–water partition coefficient (Wildman–Crippen LogP) is 1.91. The molecule has 1 aromatic rings. The van der Waals surface area contributed by atoms with Crippen LogP contribution in [0.5, 0.6) is 0 Å². The minimum absolute atomic E-state index is 0.00361. The summed E-state index contributed by atoms with van der Waals surface area (Å²) < 4.78 is 8.14. The number of carbonyl (C=O) groups is 1. The van der Waals surface area contributed by atoms with Gasteiger partial charge in [-0.1, -0.05) is 19.3 Å². The van der Waals surface area contributed by atoms with Crippen LogP contribution < -0.4 is 0 Å². The molecule has 2 aliphatic heterocycles. The fraction of sp³-hybridized carbons (Fsp3) is 0.818. The van der Waals surface area contributed by atoms with E-state index in [9.17, 15) is 4.79 Å². The van der Waals surface area contributed by atoms with Gasteiger partial charge in [0.2, 0.25) is 5.91 Å². The SMILES string of the molecule is CN1CCCN(C[C@@H]2OCCN(C(=O)C3CCCCC3)[C@H]2c2cnn(C)c2)CC1. The van der Waals surface area contributed by atoms with Crippen molar-refractivity contribution in [1.82, 2.24) is 24.5 Å². The third kappa shape index (κ3) is 5.01. The summed E-state index contributed by atoms with van der Waals surface area (Å²) in [5, 5.41) is 4.41. The van der Waals surface area contributed by atoms with E-state index in [0.29, 0.717) is 19.1 Å². The Hall–Kier alpha value is -1.44. The summed E-state index contributed by atoms with van der Waals surface area (Å²) in [4.78, 5) is 20.6. The maximum Gasteiger partial charge on any atom is 0.226 e. The van der Waals surface area contributed by atoms with Gasteiger partial charge in [0.05, 0.1) is 24.9 Å². The molecule has 0 aromatic carbocycles. The molecular weight excluding hydrogens is 366 g/mol. The Balaban J connectivity index is 1.53. The van der Waals surface area contributed by atoms with Gasteiger partial charge in [0.1, 0.15) is 0 Å². The zero-order chi connectivity index (χ0) is 20.2. The van der Waals surface area contributed by atoms with E-state index in [2.05, 4.69) is 33.0 Å². The summed E-state index contributed by atoms with van der Waals surface area (Å²) in [6.07, 6.45) is 10.9. The molecular formula is C22H37N5O2. The molecule has 3 aliphatic rings. The Kier molecular flexibility index (Phi) is 6.88. The Morgan fingerprint density at radius 2 is 1.90 bits per heavy atom. The molecule has 0 spiro atoms. The minimum Gasteiger partial charge on any atom is -0.373 e. The molecule has 4 rings (SSSR count). The van der Waals surface area contributed by atoms with Crippen LogP contribution in [0.4, 0.5) is 0 Å². The van der Waals surface area contributed by atoms with E-state index in [1.54, 1.807) is 0 Å². The highest BCUT2D eigenvalue weighted by atomic mass is 16.5. The highest BCUT2D eigenvalue weighted by molar-refractivity contribution is 5.79. The number of ether oxygens (including phenoxy) is 1. The van der Waals surface area contributed by atoms with Crippen LogP contribution in [-0.2, 0) is 16.6 Å². The van der Waals surface area contributed by atoms with Gasteiger partial charge in [0.15, 0.2) is 0 Å². The molecule has 3 fully saturated rings. The Bertz CT molecular complexity index is 672. The summed E-state index contributed by atoms with van der Waals surface area (Å²) in [7, 11) is 4.14. The molecule has 7 heteroatoms. The average Bonchev–Trinajstić information content (AvgIpc) is 3.06. The lowest BCUT2D eigenvalue weighted by Gasteiger charge is -2.44. The summed E-state index contributed by atoms with van der Waals surface area (Å²) in [6, 6.07) is -0.0344. The van der Waals surface area contributed by atoms with E-state index >= 15 is 0 Å². The van der Waals surface area contributed by atoms with Crippen LogP contribution >= 0.6 is 0 Å². The normalized spacial score (nSPS) is 28.4. The first kappa shape index (κ1) is 20.8. The Labute approximate surface area is 175 Å². The molecule has 29 heavy (non-hydrogen) atoms. The van der Waals surface area contributed by atoms with E-state index in [1.807, 2.05) is 17.9 Å². The van der Waals surface area contributed by atoms with Crippen LogP contribution in [0.1, 0.15) is 50.1 Å². The lowest BCUT2D eigenvalue weighted by atomic mass is 9.87. The number of aromatic nitrogens is 2. The monoisotopic (exact) mass is 403 g/mol. The second-order valence-corrected chi connectivity index (χ2v) is 9.13. The molecule has 0 radical (unpaired) electrons.